The molecule has 1 aliphatic carbocycles. The monoisotopic (exact) mass is 297 g/mol. The summed E-state index contributed by atoms with van der Waals surface area (Å²) in [7, 11) is 1.64. The van der Waals surface area contributed by atoms with Gasteiger partial charge in [-0.05, 0) is 37.1 Å². The van der Waals surface area contributed by atoms with Crippen LogP contribution in [0, 0.1) is 5.92 Å². The molecule has 1 amide bonds. The van der Waals surface area contributed by atoms with Crippen molar-refractivity contribution in [3.05, 3.63) is 42.6 Å². The molecule has 1 heterocycles. The van der Waals surface area contributed by atoms with Crippen LogP contribution >= 0.6 is 0 Å². The minimum atomic E-state index is 0.0987. The van der Waals surface area contributed by atoms with Crippen molar-refractivity contribution in [2.45, 2.75) is 19.3 Å². The Morgan fingerprint density at radius 3 is 2.73 bits per heavy atom. The molecule has 5 nitrogen and oxygen atoms in total. The Hall–Kier alpha value is -2.56. The molecule has 22 heavy (non-hydrogen) atoms. The number of pyridine rings is 1. The number of ether oxygens (including phenoxy) is 1. The van der Waals surface area contributed by atoms with Crippen molar-refractivity contribution in [2.75, 3.05) is 17.7 Å². The zero-order chi connectivity index (χ0) is 15.4. The third-order valence-corrected chi connectivity index (χ3v) is 3.85. The predicted octanol–water partition coefficient (Wildman–Crippen LogP) is 3.57. The number of methoxy groups -OCH3 is 1. The van der Waals surface area contributed by atoms with Gasteiger partial charge >= 0.3 is 0 Å². The van der Waals surface area contributed by atoms with Crippen LogP contribution in [0.3, 0.4) is 0 Å². The van der Waals surface area contributed by atoms with E-state index in [1.54, 1.807) is 13.3 Å². The van der Waals surface area contributed by atoms with E-state index >= 15 is 0 Å². The van der Waals surface area contributed by atoms with Crippen LogP contribution < -0.4 is 15.4 Å². The van der Waals surface area contributed by atoms with Crippen LogP contribution in [-0.2, 0) is 4.79 Å². The number of carbonyl (C=O) groups is 1. The van der Waals surface area contributed by atoms with Crippen LogP contribution in [0.2, 0.25) is 0 Å². The van der Waals surface area contributed by atoms with Crippen molar-refractivity contribution < 1.29 is 9.53 Å². The maximum atomic E-state index is 11.9. The molecule has 2 N–H and O–H groups in total. The van der Waals surface area contributed by atoms with Gasteiger partial charge in [-0.25, -0.2) is 4.98 Å². The molecule has 1 aromatic carbocycles. The molecule has 0 atom stereocenters. The second-order valence-electron chi connectivity index (χ2n) is 5.41. The Morgan fingerprint density at radius 2 is 2.09 bits per heavy atom. The van der Waals surface area contributed by atoms with E-state index in [-0.39, 0.29) is 11.8 Å². The quantitative estimate of drug-likeness (QED) is 0.885. The van der Waals surface area contributed by atoms with Crippen LogP contribution in [-0.4, -0.2) is 18.0 Å². The van der Waals surface area contributed by atoms with E-state index in [1.165, 1.54) is 0 Å². The number of rotatable bonds is 5. The van der Waals surface area contributed by atoms with E-state index in [0.717, 1.165) is 42.2 Å². The Balaban J connectivity index is 1.62. The summed E-state index contributed by atoms with van der Waals surface area (Å²) in [5, 5.41) is 6.10. The van der Waals surface area contributed by atoms with E-state index in [2.05, 4.69) is 15.6 Å². The Kier molecular flexibility index (Phi) is 4.23. The van der Waals surface area contributed by atoms with E-state index < -0.39 is 0 Å². The van der Waals surface area contributed by atoms with Gasteiger partial charge in [0.25, 0.3) is 0 Å². The molecular weight excluding hydrogens is 278 g/mol. The fraction of sp³-hybridized carbons (Fsp3) is 0.294. The van der Waals surface area contributed by atoms with Gasteiger partial charge in [-0.2, -0.15) is 0 Å². The molecule has 1 fully saturated rings. The summed E-state index contributed by atoms with van der Waals surface area (Å²) in [6.45, 7) is 0. The lowest BCUT2D eigenvalue weighted by Crippen LogP contribution is -2.28. The smallest absolute Gasteiger partial charge is 0.227 e. The molecule has 1 aliphatic rings. The summed E-state index contributed by atoms with van der Waals surface area (Å²) < 4.78 is 5.19. The molecule has 0 spiro atoms. The third kappa shape index (κ3) is 3.36. The van der Waals surface area contributed by atoms with Gasteiger partial charge in [0.1, 0.15) is 11.6 Å². The van der Waals surface area contributed by atoms with Crippen molar-refractivity contribution >= 4 is 23.1 Å². The highest BCUT2D eigenvalue weighted by Crippen LogP contribution is 2.27. The lowest BCUT2D eigenvalue weighted by molar-refractivity contribution is -0.122. The second-order valence-corrected chi connectivity index (χ2v) is 5.41. The summed E-state index contributed by atoms with van der Waals surface area (Å²) in [5.74, 6) is 1.78. The maximum Gasteiger partial charge on any atom is 0.227 e. The average Bonchev–Trinajstić information content (AvgIpc) is 2.48. The largest absolute Gasteiger partial charge is 0.497 e. The lowest BCUT2D eigenvalue weighted by atomic mass is 9.85. The molecule has 3 rings (SSSR count). The van der Waals surface area contributed by atoms with Crippen molar-refractivity contribution in [1.29, 1.82) is 0 Å². The van der Waals surface area contributed by atoms with Crippen molar-refractivity contribution in [1.82, 2.24) is 4.98 Å². The van der Waals surface area contributed by atoms with Crippen LogP contribution in [0.15, 0.2) is 42.6 Å². The first kappa shape index (κ1) is 14.4. The fourth-order valence-corrected chi connectivity index (χ4v) is 2.31. The maximum absolute atomic E-state index is 11.9. The third-order valence-electron chi connectivity index (χ3n) is 3.85. The average molecular weight is 297 g/mol. The number of amides is 1. The standard InChI is InChI=1S/C17H19N3O2/c1-22-15-7-3-6-13(10-15)19-16-9-8-14(11-18-16)20-17(21)12-4-2-5-12/h3,6-12H,2,4-5H2,1H3,(H,18,19)(H,20,21). The molecule has 0 unspecified atom stereocenters. The van der Waals surface area contributed by atoms with Gasteiger partial charge in [0.05, 0.1) is 19.0 Å². The van der Waals surface area contributed by atoms with Crippen molar-refractivity contribution in [3.8, 4) is 5.75 Å². The van der Waals surface area contributed by atoms with Crippen LogP contribution in [0.25, 0.3) is 0 Å². The predicted molar refractivity (Wildman–Crippen MR) is 86.5 cm³/mol. The van der Waals surface area contributed by atoms with Gasteiger partial charge in [-0.15, -0.1) is 0 Å². The molecule has 114 valence electrons. The molecule has 0 bridgehead atoms. The number of carbonyl (C=O) groups excluding carboxylic acids is 1. The number of benzene rings is 1. The molecule has 1 saturated carbocycles. The minimum absolute atomic E-state index is 0.0987. The summed E-state index contributed by atoms with van der Waals surface area (Å²) in [4.78, 5) is 16.2. The Morgan fingerprint density at radius 1 is 1.23 bits per heavy atom. The lowest BCUT2D eigenvalue weighted by Gasteiger charge is -2.23. The molecule has 0 radical (unpaired) electrons. The first-order valence-electron chi connectivity index (χ1n) is 7.42. The number of hydrogen-bond donors (Lipinski definition) is 2. The van der Waals surface area contributed by atoms with E-state index in [0.29, 0.717) is 0 Å². The summed E-state index contributed by atoms with van der Waals surface area (Å²) in [6.07, 6.45) is 4.81. The number of aromatic nitrogens is 1. The number of anilines is 3. The topological polar surface area (TPSA) is 63.2 Å². The van der Waals surface area contributed by atoms with Crippen LogP contribution in [0.1, 0.15) is 19.3 Å². The van der Waals surface area contributed by atoms with Crippen LogP contribution in [0.5, 0.6) is 5.75 Å². The summed E-state index contributed by atoms with van der Waals surface area (Å²) in [5.41, 5.74) is 1.63. The van der Waals surface area contributed by atoms with Gasteiger partial charge in [0.15, 0.2) is 0 Å². The molecule has 1 aromatic heterocycles. The van der Waals surface area contributed by atoms with E-state index in [9.17, 15) is 4.79 Å². The summed E-state index contributed by atoms with van der Waals surface area (Å²) >= 11 is 0. The number of hydrogen-bond acceptors (Lipinski definition) is 4. The van der Waals surface area contributed by atoms with Gasteiger partial charge in [-0.3, -0.25) is 4.79 Å². The fourth-order valence-electron chi connectivity index (χ4n) is 2.31. The minimum Gasteiger partial charge on any atom is -0.497 e. The number of nitrogens with one attached hydrogen (secondary N) is 2. The molecule has 5 heteroatoms. The van der Waals surface area contributed by atoms with Crippen LogP contribution in [0.4, 0.5) is 17.2 Å². The zero-order valence-electron chi connectivity index (χ0n) is 12.5. The highest BCUT2D eigenvalue weighted by atomic mass is 16.5. The van der Waals surface area contributed by atoms with E-state index in [4.69, 9.17) is 4.74 Å². The Labute approximate surface area is 129 Å². The SMILES string of the molecule is COc1cccc(Nc2ccc(NC(=O)C3CCC3)cn2)c1. The molecule has 0 saturated heterocycles. The number of nitrogens with zero attached hydrogens (tertiary/aromatic N) is 1. The van der Waals surface area contributed by atoms with Crippen molar-refractivity contribution in [2.24, 2.45) is 5.92 Å². The molecular formula is C17H19N3O2. The molecule has 2 aromatic rings. The van der Waals surface area contributed by atoms with Gasteiger partial charge in [0.2, 0.25) is 5.91 Å². The van der Waals surface area contributed by atoms with Gasteiger partial charge in [0, 0.05) is 17.7 Å². The van der Waals surface area contributed by atoms with E-state index in [1.807, 2.05) is 36.4 Å². The van der Waals surface area contributed by atoms with Gasteiger partial charge < -0.3 is 15.4 Å². The first-order valence-corrected chi connectivity index (χ1v) is 7.42. The van der Waals surface area contributed by atoms with Gasteiger partial charge in [-0.1, -0.05) is 12.5 Å². The Bertz CT molecular complexity index is 651. The first-order chi connectivity index (χ1) is 10.7. The normalized spacial score (nSPS) is 14.0. The highest BCUT2D eigenvalue weighted by molar-refractivity contribution is 5.92. The highest BCUT2D eigenvalue weighted by Gasteiger charge is 2.25. The van der Waals surface area contributed by atoms with Crippen molar-refractivity contribution in [3.63, 3.8) is 0 Å². The summed E-state index contributed by atoms with van der Waals surface area (Å²) in [6, 6.07) is 11.3. The molecule has 0 aliphatic heterocycles. The zero-order valence-corrected chi connectivity index (χ0v) is 12.5. The second kappa shape index (κ2) is 6.47.